The van der Waals surface area contributed by atoms with Crippen LogP contribution in [0.1, 0.15) is 5.56 Å². The Hall–Kier alpha value is -1.05. The molecule has 0 spiro atoms. The molecule has 0 aliphatic heterocycles. The molecular weight excluding hydrogens is 315 g/mol. The van der Waals surface area contributed by atoms with Gasteiger partial charge in [-0.25, -0.2) is 18.4 Å². The largest absolute Gasteiger partial charge is 0.247 e. The van der Waals surface area contributed by atoms with Crippen molar-refractivity contribution in [2.75, 3.05) is 0 Å². The van der Waals surface area contributed by atoms with E-state index in [2.05, 4.69) is 10.1 Å². The van der Waals surface area contributed by atoms with Crippen LogP contribution < -0.4 is 0 Å². The molecule has 2 rings (SSSR count). The minimum atomic E-state index is -0.584. The first-order valence-corrected chi connectivity index (χ1v) is 5.21. The first-order chi connectivity index (χ1) is 7.13. The first kappa shape index (κ1) is 10.5. The van der Waals surface area contributed by atoms with E-state index in [4.69, 9.17) is 0 Å². The topological polar surface area (TPSA) is 30.7 Å². The van der Waals surface area contributed by atoms with E-state index in [1.807, 2.05) is 22.6 Å². The van der Waals surface area contributed by atoms with Crippen LogP contribution in [0.4, 0.5) is 8.78 Å². The second-order valence-electron chi connectivity index (χ2n) is 2.99. The number of benzene rings is 1. The maximum absolute atomic E-state index is 12.8. The molecule has 0 bridgehead atoms. The highest BCUT2D eigenvalue weighted by atomic mass is 127. The Balaban J connectivity index is 2.24. The van der Waals surface area contributed by atoms with Crippen LogP contribution in [0.25, 0.3) is 0 Å². The van der Waals surface area contributed by atoms with Gasteiger partial charge in [0.05, 0.1) is 6.54 Å². The van der Waals surface area contributed by atoms with Crippen molar-refractivity contribution < 1.29 is 8.78 Å². The molecule has 1 aromatic heterocycles. The maximum atomic E-state index is 12.8. The third kappa shape index (κ3) is 2.71. The van der Waals surface area contributed by atoms with Crippen molar-refractivity contribution in [3.05, 3.63) is 45.6 Å². The van der Waals surface area contributed by atoms with E-state index < -0.39 is 11.6 Å². The number of hydrogen-bond acceptors (Lipinski definition) is 2. The average Bonchev–Trinajstić information content (AvgIpc) is 2.49. The van der Waals surface area contributed by atoms with Gasteiger partial charge in [-0.3, -0.25) is 0 Å². The van der Waals surface area contributed by atoms with Crippen molar-refractivity contribution in [1.82, 2.24) is 14.8 Å². The Morgan fingerprint density at radius 1 is 1.20 bits per heavy atom. The summed E-state index contributed by atoms with van der Waals surface area (Å²) in [5, 5.41) is 4.01. The lowest BCUT2D eigenvalue weighted by molar-refractivity contribution is 0.574. The Morgan fingerprint density at radius 2 is 1.87 bits per heavy atom. The zero-order chi connectivity index (χ0) is 10.8. The van der Waals surface area contributed by atoms with Gasteiger partial charge in [-0.1, -0.05) is 0 Å². The molecule has 1 heterocycles. The SMILES string of the molecule is Fc1cc(F)cc(Cn2cnc(I)n2)c1. The lowest BCUT2D eigenvalue weighted by Gasteiger charge is -2.01. The van der Waals surface area contributed by atoms with Crippen LogP contribution in [-0.4, -0.2) is 14.8 Å². The molecule has 0 aliphatic carbocycles. The summed E-state index contributed by atoms with van der Waals surface area (Å²) in [7, 11) is 0. The van der Waals surface area contributed by atoms with Crippen molar-refractivity contribution in [3.63, 3.8) is 0 Å². The van der Waals surface area contributed by atoms with Gasteiger partial charge in [0.2, 0.25) is 3.83 Å². The molecule has 2 aromatic rings. The molecule has 1 aromatic carbocycles. The van der Waals surface area contributed by atoms with E-state index in [0.29, 0.717) is 15.9 Å². The Labute approximate surface area is 98.3 Å². The Bertz CT molecular complexity index is 464. The van der Waals surface area contributed by atoms with Crippen LogP contribution in [0.5, 0.6) is 0 Å². The minimum absolute atomic E-state index is 0.310. The van der Waals surface area contributed by atoms with Gasteiger partial charge in [0.15, 0.2) is 0 Å². The lowest BCUT2D eigenvalue weighted by atomic mass is 10.2. The molecule has 0 atom stereocenters. The van der Waals surface area contributed by atoms with E-state index in [1.165, 1.54) is 23.1 Å². The molecule has 6 heteroatoms. The van der Waals surface area contributed by atoms with Crippen LogP contribution in [-0.2, 0) is 6.54 Å². The van der Waals surface area contributed by atoms with E-state index in [0.717, 1.165) is 6.07 Å². The zero-order valence-corrected chi connectivity index (χ0v) is 9.65. The molecule has 78 valence electrons. The Kier molecular flexibility index (Phi) is 2.94. The summed E-state index contributed by atoms with van der Waals surface area (Å²) in [6.45, 7) is 0.310. The van der Waals surface area contributed by atoms with E-state index in [1.54, 1.807) is 0 Å². The fourth-order valence-electron chi connectivity index (χ4n) is 1.24. The third-order valence-electron chi connectivity index (χ3n) is 1.78. The first-order valence-electron chi connectivity index (χ1n) is 4.13. The second-order valence-corrected chi connectivity index (χ2v) is 3.95. The zero-order valence-electron chi connectivity index (χ0n) is 7.49. The van der Waals surface area contributed by atoms with E-state index >= 15 is 0 Å². The highest BCUT2D eigenvalue weighted by molar-refractivity contribution is 14.1. The molecule has 0 radical (unpaired) electrons. The molecule has 0 fully saturated rings. The van der Waals surface area contributed by atoms with Crippen molar-refractivity contribution >= 4 is 22.6 Å². The molecule has 0 saturated carbocycles. The molecule has 0 N–H and O–H groups in total. The van der Waals surface area contributed by atoms with Gasteiger partial charge >= 0.3 is 0 Å². The summed E-state index contributed by atoms with van der Waals surface area (Å²) in [6.07, 6.45) is 1.52. The summed E-state index contributed by atoms with van der Waals surface area (Å²) < 4.78 is 27.8. The average molecular weight is 321 g/mol. The number of hydrogen-bond donors (Lipinski definition) is 0. The second kappa shape index (κ2) is 4.21. The minimum Gasteiger partial charge on any atom is -0.247 e. The maximum Gasteiger partial charge on any atom is 0.211 e. The molecule has 0 aliphatic rings. The van der Waals surface area contributed by atoms with Gasteiger partial charge in [0.25, 0.3) is 0 Å². The molecular formula is C9H6F2IN3. The van der Waals surface area contributed by atoms with Gasteiger partial charge in [-0.15, -0.1) is 5.10 Å². The van der Waals surface area contributed by atoms with E-state index in [9.17, 15) is 8.78 Å². The highest BCUT2D eigenvalue weighted by Crippen LogP contribution is 2.09. The molecule has 15 heavy (non-hydrogen) atoms. The van der Waals surface area contributed by atoms with Crippen LogP contribution in [0.2, 0.25) is 0 Å². The van der Waals surface area contributed by atoms with Crippen molar-refractivity contribution in [2.45, 2.75) is 6.54 Å². The highest BCUT2D eigenvalue weighted by Gasteiger charge is 2.02. The number of rotatable bonds is 2. The number of halogens is 3. The van der Waals surface area contributed by atoms with Crippen molar-refractivity contribution in [2.24, 2.45) is 0 Å². The van der Waals surface area contributed by atoms with Crippen molar-refractivity contribution in [3.8, 4) is 0 Å². The van der Waals surface area contributed by atoms with Crippen molar-refractivity contribution in [1.29, 1.82) is 0 Å². The summed E-state index contributed by atoms with van der Waals surface area (Å²) in [6, 6.07) is 3.39. The monoisotopic (exact) mass is 321 g/mol. The molecule has 3 nitrogen and oxygen atoms in total. The fraction of sp³-hybridized carbons (Fsp3) is 0.111. The van der Waals surface area contributed by atoms with Crippen LogP contribution in [0, 0.1) is 15.5 Å². The Morgan fingerprint density at radius 3 is 2.40 bits per heavy atom. The summed E-state index contributed by atoms with van der Waals surface area (Å²) in [4.78, 5) is 3.91. The number of aromatic nitrogens is 3. The standard InChI is InChI=1S/C9H6F2IN3/c10-7-1-6(2-8(11)3-7)4-15-5-13-9(12)14-15/h1-3,5H,4H2. The lowest BCUT2D eigenvalue weighted by Crippen LogP contribution is -2.01. The van der Waals surface area contributed by atoms with Gasteiger partial charge < -0.3 is 0 Å². The van der Waals surface area contributed by atoms with Crippen LogP contribution in [0.3, 0.4) is 0 Å². The normalized spacial score (nSPS) is 10.6. The van der Waals surface area contributed by atoms with Gasteiger partial charge in [-0.05, 0) is 17.7 Å². The van der Waals surface area contributed by atoms with Crippen LogP contribution >= 0.6 is 22.6 Å². The van der Waals surface area contributed by atoms with Gasteiger partial charge in [0.1, 0.15) is 18.0 Å². The van der Waals surface area contributed by atoms with Gasteiger partial charge in [-0.2, -0.15) is 0 Å². The molecule has 0 amide bonds. The molecule has 0 saturated heterocycles. The number of nitrogens with zero attached hydrogens (tertiary/aromatic N) is 3. The quantitative estimate of drug-likeness (QED) is 0.794. The summed E-state index contributed by atoms with van der Waals surface area (Å²) >= 11 is 1.97. The smallest absolute Gasteiger partial charge is 0.211 e. The third-order valence-corrected chi connectivity index (χ3v) is 2.27. The summed E-state index contributed by atoms with van der Waals surface area (Å²) in [5.41, 5.74) is 0.522. The predicted octanol–water partition coefficient (Wildman–Crippen LogP) is 2.21. The fourth-order valence-corrected chi connectivity index (χ4v) is 1.64. The van der Waals surface area contributed by atoms with Crippen LogP contribution in [0.15, 0.2) is 24.5 Å². The predicted molar refractivity (Wildman–Crippen MR) is 58.2 cm³/mol. The summed E-state index contributed by atoms with van der Waals surface area (Å²) in [5.74, 6) is -1.17. The van der Waals surface area contributed by atoms with Gasteiger partial charge in [0, 0.05) is 28.7 Å². The molecule has 0 unspecified atom stereocenters. The van der Waals surface area contributed by atoms with E-state index in [-0.39, 0.29) is 0 Å².